The van der Waals surface area contributed by atoms with Gasteiger partial charge < -0.3 is 4.42 Å². The highest BCUT2D eigenvalue weighted by Gasteiger charge is 2.09. The summed E-state index contributed by atoms with van der Waals surface area (Å²) in [5, 5.41) is 0. The molecule has 1 aromatic rings. The minimum atomic E-state index is 0.645. The van der Waals surface area contributed by atoms with Crippen molar-refractivity contribution in [3.63, 3.8) is 0 Å². The molecule has 0 aliphatic heterocycles. The van der Waals surface area contributed by atoms with Crippen LogP contribution in [0.3, 0.4) is 0 Å². The molecule has 54 valence electrons. The van der Waals surface area contributed by atoms with Gasteiger partial charge in [0.1, 0.15) is 5.76 Å². The maximum Gasteiger partial charge on any atom is 0.172 e. The lowest BCUT2D eigenvalue weighted by Gasteiger charge is -1.83. The molecule has 0 N–H and O–H groups in total. The number of carbonyl (C=O) groups is 1. The Bertz CT molecular complexity index is 263. The maximum atomic E-state index is 10.4. The van der Waals surface area contributed by atoms with Gasteiger partial charge in [0, 0.05) is 5.56 Å². The van der Waals surface area contributed by atoms with Gasteiger partial charge in [0.25, 0.3) is 0 Å². The molecule has 0 aliphatic carbocycles. The molecule has 0 amide bonds. The first-order valence-corrected chi connectivity index (χ1v) is 3.66. The third-order valence-corrected chi connectivity index (χ3v) is 2.20. The smallest absolute Gasteiger partial charge is 0.172 e. The summed E-state index contributed by atoms with van der Waals surface area (Å²) in [5.41, 5.74) is 1.51. The Labute approximate surface area is 67.3 Å². The Balaban J connectivity index is 3.33. The van der Waals surface area contributed by atoms with Crippen LogP contribution in [-0.2, 0) is 0 Å². The molecule has 1 heterocycles. The van der Waals surface area contributed by atoms with E-state index in [2.05, 4.69) is 15.9 Å². The van der Waals surface area contributed by atoms with Gasteiger partial charge >= 0.3 is 0 Å². The topological polar surface area (TPSA) is 30.2 Å². The Morgan fingerprint density at radius 2 is 2.10 bits per heavy atom. The van der Waals surface area contributed by atoms with Crippen molar-refractivity contribution in [1.82, 2.24) is 0 Å². The van der Waals surface area contributed by atoms with Crippen LogP contribution in [0.5, 0.6) is 0 Å². The highest BCUT2D eigenvalue weighted by atomic mass is 79.9. The Kier molecular flexibility index (Phi) is 1.94. The Morgan fingerprint density at radius 3 is 2.30 bits per heavy atom. The molecule has 0 spiro atoms. The fourth-order valence-corrected chi connectivity index (χ4v) is 1.26. The fourth-order valence-electron chi connectivity index (χ4n) is 0.807. The van der Waals surface area contributed by atoms with Crippen molar-refractivity contribution in [1.29, 1.82) is 0 Å². The highest BCUT2D eigenvalue weighted by molar-refractivity contribution is 9.10. The van der Waals surface area contributed by atoms with Crippen molar-refractivity contribution in [3.05, 3.63) is 21.6 Å². The van der Waals surface area contributed by atoms with Crippen LogP contribution in [0.15, 0.2) is 9.09 Å². The molecule has 0 bridgehead atoms. The first kappa shape index (κ1) is 7.54. The zero-order chi connectivity index (χ0) is 7.72. The zero-order valence-corrected chi connectivity index (χ0v) is 7.36. The number of carbonyl (C=O) groups excluding carboxylic acids is 1. The first-order chi connectivity index (χ1) is 4.66. The average molecular weight is 203 g/mol. The van der Waals surface area contributed by atoms with E-state index in [0.29, 0.717) is 16.0 Å². The molecule has 2 nitrogen and oxygen atoms in total. The van der Waals surface area contributed by atoms with E-state index in [-0.39, 0.29) is 0 Å². The van der Waals surface area contributed by atoms with E-state index in [4.69, 9.17) is 4.42 Å². The van der Waals surface area contributed by atoms with E-state index in [1.807, 2.05) is 6.92 Å². The molecule has 0 saturated carbocycles. The standard InChI is InChI=1S/C7H7BrO2/c1-4-6(3-9)5(2)10-7(4)8/h3H,1-2H3. The second-order valence-corrected chi connectivity index (χ2v) is 2.81. The van der Waals surface area contributed by atoms with Crippen LogP contribution >= 0.6 is 15.9 Å². The van der Waals surface area contributed by atoms with Crippen molar-refractivity contribution >= 4 is 22.2 Å². The molecule has 10 heavy (non-hydrogen) atoms. The van der Waals surface area contributed by atoms with Crippen molar-refractivity contribution in [3.8, 4) is 0 Å². The van der Waals surface area contributed by atoms with Crippen molar-refractivity contribution in [2.45, 2.75) is 13.8 Å². The summed E-state index contributed by atoms with van der Waals surface area (Å²) in [5.74, 6) is 0.666. The van der Waals surface area contributed by atoms with Gasteiger partial charge in [0.05, 0.1) is 5.56 Å². The van der Waals surface area contributed by atoms with Crippen LogP contribution in [0, 0.1) is 13.8 Å². The minimum Gasteiger partial charge on any atom is -0.454 e. The summed E-state index contributed by atoms with van der Waals surface area (Å²) < 4.78 is 5.77. The van der Waals surface area contributed by atoms with Gasteiger partial charge in [0.2, 0.25) is 0 Å². The number of hydrogen-bond donors (Lipinski definition) is 0. The number of rotatable bonds is 1. The molecule has 0 aromatic carbocycles. The molecule has 0 radical (unpaired) electrons. The van der Waals surface area contributed by atoms with Gasteiger partial charge in [-0.2, -0.15) is 0 Å². The van der Waals surface area contributed by atoms with Gasteiger partial charge in [-0.1, -0.05) is 0 Å². The summed E-state index contributed by atoms with van der Waals surface area (Å²) in [6, 6.07) is 0. The van der Waals surface area contributed by atoms with Crippen LogP contribution in [-0.4, -0.2) is 6.29 Å². The highest BCUT2D eigenvalue weighted by Crippen LogP contribution is 2.24. The molecular weight excluding hydrogens is 196 g/mol. The third kappa shape index (κ3) is 1.01. The number of aryl methyl sites for hydroxylation is 1. The van der Waals surface area contributed by atoms with Crippen LogP contribution in [0.1, 0.15) is 21.7 Å². The first-order valence-electron chi connectivity index (χ1n) is 2.87. The van der Waals surface area contributed by atoms with Gasteiger partial charge in [-0.25, -0.2) is 0 Å². The molecule has 0 atom stereocenters. The van der Waals surface area contributed by atoms with Gasteiger partial charge in [0.15, 0.2) is 11.0 Å². The molecule has 0 saturated heterocycles. The van der Waals surface area contributed by atoms with Crippen LogP contribution < -0.4 is 0 Å². The average Bonchev–Trinajstić information content (AvgIpc) is 2.09. The molecule has 1 rings (SSSR count). The second-order valence-electron chi connectivity index (χ2n) is 2.09. The van der Waals surface area contributed by atoms with E-state index < -0.39 is 0 Å². The lowest BCUT2D eigenvalue weighted by atomic mass is 10.2. The van der Waals surface area contributed by atoms with Gasteiger partial charge in [-0.05, 0) is 29.8 Å². The normalized spacial score (nSPS) is 9.90. The van der Waals surface area contributed by atoms with Crippen LogP contribution in [0.4, 0.5) is 0 Å². The zero-order valence-electron chi connectivity index (χ0n) is 5.77. The van der Waals surface area contributed by atoms with E-state index >= 15 is 0 Å². The minimum absolute atomic E-state index is 0.645. The van der Waals surface area contributed by atoms with E-state index in [0.717, 1.165) is 11.8 Å². The van der Waals surface area contributed by atoms with E-state index in [1.165, 1.54) is 0 Å². The SMILES string of the molecule is Cc1oc(Br)c(C)c1C=O. The quantitative estimate of drug-likeness (QED) is 0.656. The second kappa shape index (κ2) is 2.58. The molecule has 0 fully saturated rings. The summed E-state index contributed by atoms with van der Waals surface area (Å²) in [6.07, 6.45) is 0.804. The van der Waals surface area contributed by atoms with Crippen LogP contribution in [0.2, 0.25) is 0 Å². The molecular formula is C7H7BrO2. The molecule has 0 unspecified atom stereocenters. The Morgan fingerprint density at radius 1 is 1.50 bits per heavy atom. The van der Waals surface area contributed by atoms with Crippen molar-refractivity contribution in [2.24, 2.45) is 0 Å². The summed E-state index contributed by atoms with van der Waals surface area (Å²) >= 11 is 3.18. The van der Waals surface area contributed by atoms with Gasteiger partial charge in [-0.3, -0.25) is 4.79 Å². The van der Waals surface area contributed by atoms with Crippen LogP contribution in [0.25, 0.3) is 0 Å². The molecule has 0 aliphatic rings. The number of furan rings is 1. The monoisotopic (exact) mass is 202 g/mol. The summed E-state index contributed by atoms with van der Waals surface area (Å²) in [7, 11) is 0. The van der Waals surface area contributed by atoms with E-state index in [9.17, 15) is 4.79 Å². The lowest BCUT2D eigenvalue weighted by Crippen LogP contribution is -1.81. The molecule has 3 heteroatoms. The Hall–Kier alpha value is -0.570. The molecule has 1 aromatic heterocycles. The van der Waals surface area contributed by atoms with E-state index in [1.54, 1.807) is 6.92 Å². The number of aldehydes is 1. The maximum absolute atomic E-state index is 10.4. The lowest BCUT2D eigenvalue weighted by molar-refractivity contribution is 0.112. The number of hydrogen-bond acceptors (Lipinski definition) is 2. The predicted octanol–water partition coefficient (Wildman–Crippen LogP) is 2.47. The largest absolute Gasteiger partial charge is 0.454 e. The van der Waals surface area contributed by atoms with Gasteiger partial charge in [-0.15, -0.1) is 0 Å². The predicted molar refractivity (Wildman–Crippen MR) is 41.3 cm³/mol. The summed E-state index contributed by atoms with van der Waals surface area (Å²) in [4.78, 5) is 10.4. The fraction of sp³-hybridized carbons (Fsp3) is 0.286. The number of halogens is 1. The summed E-state index contributed by atoms with van der Waals surface area (Å²) in [6.45, 7) is 3.60. The third-order valence-electron chi connectivity index (χ3n) is 1.44. The van der Waals surface area contributed by atoms with Crippen molar-refractivity contribution < 1.29 is 9.21 Å². The van der Waals surface area contributed by atoms with Crippen molar-refractivity contribution in [2.75, 3.05) is 0 Å².